The van der Waals surface area contributed by atoms with Gasteiger partial charge >= 0.3 is 0 Å². The van der Waals surface area contributed by atoms with E-state index in [-0.39, 0.29) is 17.6 Å². The second-order valence-corrected chi connectivity index (χ2v) is 7.98. The van der Waals surface area contributed by atoms with Crippen LogP contribution in [-0.4, -0.2) is 59.4 Å². The Morgan fingerprint density at radius 1 is 1.36 bits per heavy atom. The molecule has 0 aromatic carbocycles. The van der Waals surface area contributed by atoms with Gasteiger partial charge < -0.3 is 20.3 Å². The van der Waals surface area contributed by atoms with Crippen molar-refractivity contribution in [2.75, 3.05) is 31.1 Å². The van der Waals surface area contributed by atoms with Crippen LogP contribution in [0.4, 0.5) is 5.69 Å². The third kappa shape index (κ3) is 3.55. The maximum atomic E-state index is 13.0. The quantitative estimate of drug-likeness (QED) is 0.824. The Kier molecular flexibility index (Phi) is 4.96. The second kappa shape index (κ2) is 7.41. The summed E-state index contributed by atoms with van der Waals surface area (Å²) in [5.74, 6) is -0.0564. The van der Waals surface area contributed by atoms with E-state index in [9.17, 15) is 10.1 Å². The van der Waals surface area contributed by atoms with Gasteiger partial charge in [0.05, 0.1) is 30.0 Å². The fourth-order valence-corrected chi connectivity index (χ4v) is 4.13. The molecule has 2 aliphatic rings. The fourth-order valence-electron chi connectivity index (χ4n) is 4.13. The van der Waals surface area contributed by atoms with Crippen LogP contribution in [0.5, 0.6) is 0 Å². The summed E-state index contributed by atoms with van der Waals surface area (Å²) >= 11 is 0. The molecule has 2 aromatic heterocycles. The van der Waals surface area contributed by atoms with Gasteiger partial charge in [-0.3, -0.25) is 4.79 Å². The monoisotopic (exact) mass is 382 g/mol. The summed E-state index contributed by atoms with van der Waals surface area (Å²) in [6.45, 7) is 7.06. The largest absolute Gasteiger partial charge is 0.364 e. The van der Waals surface area contributed by atoms with Gasteiger partial charge in [0.25, 0.3) is 5.91 Å². The van der Waals surface area contributed by atoms with Gasteiger partial charge in [-0.25, -0.2) is 4.52 Å². The third-order valence-corrected chi connectivity index (χ3v) is 5.67. The molecule has 0 saturated carbocycles. The van der Waals surface area contributed by atoms with Gasteiger partial charge in [-0.05, 0) is 58.0 Å². The molecule has 2 N–H and O–H groups in total. The highest BCUT2D eigenvalue weighted by Crippen LogP contribution is 2.27. The number of rotatable bonds is 3. The lowest BCUT2D eigenvalue weighted by molar-refractivity contribution is -0.139. The summed E-state index contributed by atoms with van der Waals surface area (Å²) in [4.78, 5) is 15.1. The molecule has 0 spiro atoms. The molecule has 2 aromatic rings. The molecule has 8 heteroatoms. The van der Waals surface area contributed by atoms with Crippen molar-refractivity contribution in [3.05, 3.63) is 30.1 Å². The predicted octanol–water partition coefficient (Wildman–Crippen LogP) is 1.06. The van der Waals surface area contributed by atoms with Crippen LogP contribution in [0.15, 0.2) is 24.4 Å². The van der Waals surface area contributed by atoms with Crippen molar-refractivity contribution < 1.29 is 9.53 Å². The maximum absolute atomic E-state index is 13.0. The molecule has 148 valence electrons. The molecule has 4 heterocycles. The molecule has 2 fully saturated rings. The lowest BCUT2D eigenvalue weighted by Gasteiger charge is -2.40. The number of hydrogen-bond acceptors (Lipinski definition) is 6. The van der Waals surface area contributed by atoms with Crippen molar-refractivity contribution in [2.45, 2.75) is 44.4 Å². The van der Waals surface area contributed by atoms with E-state index in [1.165, 1.54) is 0 Å². The number of amides is 1. The van der Waals surface area contributed by atoms with Crippen molar-refractivity contribution in [1.29, 1.82) is 5.26 Å². The Morgan fingerprint density at radius 3 is 2.89 bits per heavy atom. The van der Waals surface area contributed by atoms with Gasteiger partial charge in [-0.15, -0.1) is 0 Å². The Morgan fingerprint density at radius 2 is 2.14 bits per heavy atom. The van der Waals surface area contributed by atoms with E-state index in [0.29, 0.717) is 18.8 Å². The van der Waals surface area contributed by atoms with Crippen LogP contribution >= 0.6 is 0 Å². The molecule has 0 unspecified atom stereocenters. The van der Waals surface area contributed by atoms with E-state index < -0.39 is 6.10 Å². The minimum Gasteiger partial charge on any atom is -0.364 e. The first-order valence-corrected chi connectivity index (χ1v) is 9.79. The lowest BCUT2D eigenvalue weighted by Crippen LogP contribution is -2.59. The second-order valence-electron chi connectivity index (χ2n) is 7.98. The van der Waals surface area contributed by atoms with Crippen molar-refractivity contribution in [3.8, 4) is 6.07 Å². The fraction of sp³-hybridized carbons (Fsp3) is 0.550. The molecule has 0 radical (unpaired) electrons. The number of fused-ring (bicyclic) bond motifs is 1. The normalized spacial score (nSPS) is 24.7. The highest BCUT2D eigenvalue weighted by atomic mass is 16.5. The number of pyridine rings is 1. The van der Waals surface area contributed by atoms with Crippen LogP contribution in [0.25, 0.3) is 5.52 Å². The first-order valence-electron chi connectivity index (χ1n) is 9.79. The standard InChI is InChI=1S/C20H26N6O2/c1-14-12-25(16-4-3-15(11-21)26-17(16)5-8-23-26)13-18(28-14)19(27)24-20(2)6-9-22-10-7-20/h3-5,8,14,18,22H,6-7,9-10,12-13H2,1-2H3,(H,24,27)/t14-,18-/m1/s1. The Labute approximate surface area is 164 Å². The molecule has 0 bridgehead atoms. The number of nitriles is 1. The van der Waals surface area contributed by atoms with Crippen LogP contribution in [-0.2, 0) is 9.53 Å². The number of nitrogens with zero attached hydrogens (tertiary/aromatic N) is 4. The zero-order valence-electron chi connectivity index (χ0n) is 16.3. The summed E-state index contributed by atoms with van der Waals surface area (Å²) in [7, 11) is 0. The van der Waals surface area contributed by atoms with Crippen molar-refractivity contribution in [1.82, 2.24) is 20.2 Å². The minimum absolute atomic E-state index is 0.0564. The Bertz CT molecular complexity index is 911. The van der Waals surface area contributed by atoms with E-state index in [2.05, 4.69) is 33.6 Å². The number of piperidine rings is 1. The molecule has 1 amide bonds. The summed E-state index contributed by atoms with van der Waals surface area (Å²) < 4.78 is 7.62. The number of ether oxygens (including phenoxy) is 1. The molecule has 2 saturated heterocycles. The molecule has 2 atom stereocenters. The van der Waals surface area contributed by atoms with Gasteiger partial charge in [-0.1, -0.05) is 0 Å². The number of hydrogen-bond donors (Lipinski definition) is 2. The van der Waals surface area contributed by atoms with E-state index in [0.717, 1.165) is 37.1 Å². The van der Waals surface area contributed by atoms with Crippen molar-refractivity contribution in [3.63, 3.8) is 0 Å². The van der Waals surface area contributed by atoms with Crippen LogP contribution in [0.3, 0.4) is 0 Å². The number of anilines is 1. The van der Waals surface area contributed by atoms with Gasteiger partial charge in [0.1, 0.15) is 11.8 Å². The van der Waals surface area contributed by atoms with Crippen molar-refractivity contribution >= 4 is 17.1 Å². The zero-order valence-corrected chi connectivity index (χ0v) is 16.3. The lowest BCUT2D eigenvalue weighted by atomic mass is 9.90. The Balaban J connectivity index is 1.55. The number of carbonyl (C=O) groups is 1. The van der Waals surface area contributed by atoms with Gasteiger partial charge in [0.2, 0.25) is 0 Å². The summed E-state index contributed by atoms with van der Waals surface area (Å²) in [6.07, 6.45) is 2.90. The number of aromatic nitrogens is 2. The summed E-state index contributed by atoms with van der Waals surface area (Å²) in [6, 6.07) is 7.74. The van der Waals surface area contributed by atoms with E-state index in [1.807, 2.05) is 19.1 Å². The summed E-state index contributed by atoms with van der Waals surface area (Å²) in [5.41, 5.74) is 2.11. The van der Waals surface area contributed by atoms with Crippen LogP contribution in [0.2, 0.25) is 0 Å². The topological polar surface area (TPSA) is 94.7 Å². The number of morpholine rings is 1. The molecular formula is C20H26N6O2. The summed E-state index contributed by atoms with van der Waals surface area (Å²) in [5, 5.41) is 20.1. The van der Waals surface area contributed by atoms with Gasteiger partial charge in [0, 0.05) is 12.1 Å². The zero-order chi connectivity index (χ0) is 19.7. The van der Waals surface area contributed by atoms with E-state index in [4.69, 9.17) is 4.74 Å². The minimum atomic E-state index is -0.533. The van der Waals surface area contributed by atoms with E-state index >= 15 is 0 Å². The van der Waals surface area contributed by atoms with Gasteiger partial charge in [0.15, 0.2) is 6.10 Å². The average Bonchev–Trinajstić information content (AvgIpc) is 3.17. The van der Waals surface area contributed by atoms with Crippen LogP contribution in [0, 0.1) is 11.3 Å². The van der Waals surface area contributed by atoms with Crippen LogP contribution in [0.1, 0.15) is 32.4 Å². The van der Waals surface area contributed by atoms with Crippen molar-refractivity contribution in [2.24, 2.45) is 0 Å². The molecular weight excluding hydrogens is 356 g/mol. The van der Waals surface area contributed by atoms with Gasteiger partial charge in [-0.2, -0.15) is 10.4 Å². The van der Waals surface area contributed by atoms with E-state index in [1.54, 1.807) is 16.8 Å². The smallest absolute Gasteiger partial charge is 0.251 e. The molecule has 8 nitrogen and oxygen atoms in total. The SMILES string of the molecule is C[C@@H]1CN(c2ccc(C#N)n3nccc23)C[C@H](C(=O)NC2(C)CCNCC2)O1. The molecule has 4 rings (SSSR count). The number of carbonyl (C=O) groups excluding carboxylic acids is 1. The third-order valence-electron chi connectivity index (χ3n) is 5.67. The number of nitrogens with one attached hydrogen (secondary N) is 2. The highest BCUT2D eigenvalue weighted by molar-refractivity contribution is 5.83. The first-order chi connectivity index (χ1) is 13.5. The molecule has 0 aliphatic carbocycles. The highest BCUT2D eigenvalue weighted by Gasteiger charge is 2.36. The predicted molar refractivity (Wildman–Crippen MR) is 105 cm³/mol. The molecule has 2 aliphatic heterocycles. The first kappa shape index (κ1) is 18.7. The maximum Gasteiger partial charge on any atom is 0.251 e. The molecule has 28 heavy (non-hydrogen) atoms. The average molecular weight is 382 g/mol. The van der Waals surface area contributed by atoms with Crippen LogP contribution < -0.4 is 15.5 Å². The Hall–Kier alpha value is -2.63.